The number of rotatable bonds is 3. The van der Waals surface area contributed by atoms with Gasteiger partial charge in [-0.25, -0.2) is 4.79 Å². The summed E-state index contributed by atoms with van der Waals surface area (Å²) in [5, 5.41) is 8.63. The molecule has 6 heterocycles. The number of piperidine rings is 1. The lowest BCUT2D eigenvalue weighted by atomic mass is 9.94. The maximum absolute atomic E-state index is 13.5. The SMILES string of the molecule is [2H]CC12CCCN(C(=O)OC(C)(C)C)C1(N1CNc3cnc4ccc(-c5ccc(-c6cnn(C)c6)nc5)cc4c31)O2. The van der Waals surface area contributed by atoms with Gasteiger partial charge in [-0.3, -0.25) is 19.5 Å². The Labute approximate surface area is 234 Å². The summed E-state index contributed by atoms with van der Waals surface area (Å²) in [6, 6.07) is 10.2. The molecule has 0 spiro atoms. The number of aryl methyl sites for hydroxylation is 1. The van der Waals surface area contributed by atoms with Crippen molar-refractivity contribution in [2.24, 2.45) is 7.05 Å². The number of fused-ring (bicyclic) bond motifs is 4. The zero-order valence-corrected chi connectivity index (χ0v) is 23.1. The van der Waals surface area contributed by atoms with Crippen molar-refractivity contribution in [2.75, 3.05) is 23.4 Å². The van der Waals surface area contributed by atoms with Gasteiger partial charge in [0.1, 0.15) is 11.2 Å². The Morgan fingerprint density at radius 2 is 1.98 bits per heavy atom. The van der Waals surface area contributed by atoms with Crippen LogP contribution in [0.3, 0.4) is 0 Å². The summed E-state index contributed by atoms with van der Waals surface area (Å²) in [5.74, 6) is -1.11. The lowest BCUT2D eigenvalue weighted by Gasteiger charge is -2.41. The number of hydrogen-bond acceptors (Lipinski definition) is 8. The molecule has 1 aromatic carbocycles. The maximum Gasteiger partial charge on any atom is 0.414 e. The average molecular weight is 541 g/mol. The number of epoxide rings is 1. The standard InChI is InChI=1S/C30H33N7O3/c1-28(2,3)39-27(38)36-12-6-11-29(4)30(36,40-29)37-18-33-25-16-32-24-10-7-19(13-22(24)26(25)37)20-8-9-23(31-14-20)21-15-34-35(5)17-21/h7-10,13-17,33H,6,11-12,18H2,1-5H3/i4D. The molecule has 7 rings (SSSR count). The van der Waals surface area contributed by atoms with Gasteiger partial charge in [0.05, 0.1) is 41.6 Å². The molecule has 0 aliphatic carbocycles. The number of benzene rings is 1. The molecule has 2 saturated heterocycles. The van der Waals surface area contributed by atoms with Gasteiger partial charge in [0, 0.05) is 43.9 Å². The fourth-order valence-electron chi connectivity index (χ4n) is 5.98. The fraction of sp³-hybridized carbons (Fsp3) is 0.400. The van der Waals surface area contributed by atoms with Gasteiger partial charge in [-0.2, -0.15) is 5.10 Å². The molecule has 10 heteroatoms. The van der Waals surface area contributed by atoms with E-state index in [0.29, 0.717) is 19.6 Å². The van der Waals surface area contributed by atoms with E-state index >= 15 is 0 Å². The van der Waals surface area contributed by atoms with E-state index in [2.05, 4.69) is 32.4 Å². The van der Waals surface area contributed by atoms with Crippen LogP contribution in [0.1, 0.15) is 41.9 Å². The molecule has 3 aromatic heterocycles. The van der Waals surface area contributed by atoms with Crippen molar-refractivity contribution in [3.05, 3.63) is 55.1 Å². The van der Waals surface area contributed by atoms with Crippen LogP contribution in [-0.4, -0.2) is 61.0 Å². The van der Waals surface area contributed by atoms with Crippen LogP contribution < -0.4 is 10.2 Å². The normalized spacial score (nSPS) is 23.9. The number of ether oxygens (including phenoxy) is 2. The first-order valence-corrected chi connectivity index (χ1v) is 13.5. The van der Waals surface area contributed by atoms with E-state index in [0.717, 1.165) is 51.1 Å². The summed E-state index contributed by atoms with van der Waals surface area (Å²) >= 11 is 0. The van der Waals surface area contributed by atoms with Crippen LogP contribution >= 0.6 is 0 Å². The Bertz CT molecular complexity index is 1670. The predicted molar refractivity (Wildman–Crippen MR) is 153 cm³/mol. The number of likely N-dealkylation sites (tertiary alicyclic amines) is 1. The van der Waals surface area contributed by atoms with Gasteiger partial charge in [0.2, 0.25) is 0 Å². The van der Waals surface area contributed by atoms with Crippen LogP contribution in [0.15, 0.2) is 55.1 Å². The van der Waals surface area contributed by atoms with E-state index in [1.54, 1.807) is 15.8 Å². The molecular formula is C30H33N7O3. The highest BCUT2D eigenvalue weighted by Gasteiger charge is 2.77. The van der Waals surface area contributed by atoms with Crippen LogP contribution in [0.25, 0.3) is 33.3 Å². The Hall–Kier alpha value is -4.18. The van der Waals surface area contributed by atoms with Crippen molar-refractivity contribution in [3.8, 4) is 22.4 Å². The molecule has 2 atom stereocenters. The largest absolute Gasteiger partial charge is 0.444 e. The molecule has 3 aliphatic rings. The molecule has 4 aromatic rings. The van der Waals surface area contributed by atoms with E-state index in [1.807, 2.05) is 64.6 Å². The number of pyridine rings is 2. The third-order valence-corrected chi connectivity index (χ3v) is 7.83. The van der Waals surface area contributed by atoms with Gasteiger partial charge in [0.25, 0.3) is 5.85 Å². The molecular weight excluding hydrogens is 506 g/mol. The van der Waals surface area contributed by atoms with Crippen molar-refractivity contribution in [1.29, 1.82) is 0 Å². The van der Waals surface area contributed by atoms with Gasteiger partial charge in [-0.05, 0) is 64.3 Å². The highest BCUT2D eigenvalue weighted by molar-refractivity contribution is 6.02. The van der Waals surface area contributed by atoms with Crippen LogP contribution in [-0.2, 0) is 16.5 Å². The number of nitrogens with one attached hydrogen (secondary N) is 1. The molecule has 2 fully saturated rings. The fourth-order valence-corrected chi connectivity index (χ4v) is 5.98. The van der Waals surface area contributed by atoms with E-state index in [9.17, 15) is 4.79 Å². The third-order valence-electron chi connectivity index (χ3n) is 7.83. The Morgan fingerprint density at radius 1 is 1.12 bits per heavy atom. The smallest absolute Gasteiger partial charge is 0.414 e. The number of hydrogen-bond donors (Lipinski definition) is 1. The highest BCUT2D eigenvalue weighted by atomic mass is 16.7. The Morgan fingerprint density at radius 3 is 2.70 bits per heavy atom. The Kier molecular flexibility index (Phi) is 4.98. The third kappa shape index (κ3) is 3.73. The van der Waals surface area contributed by atoms with Crippen LogP contribution in [0.2, 0.25) is 0 Å². The molecule has 0 radical (unpaired) electrons. The zero-order valence-electron chi connectivity index (χ0n) is 24.1. The van der Waals surface area contributed by atoms with Crippen molar-refractivity contribution in [3.63, 3.8) is 0 Å². The van der Waals surface area contributed by atoms with E-state index in [1.165, 1.54) is 0 Å². The van der Waals surface area contributed by atoms with Crippen LogP contribution in [0.4, 0.5) is 16.2 Å². The van der Waals surface area contributed by atoms with Gasteiger partial charge >= 0.3 is 6.09 Å². The molecule has 3 aliphatic heterocycles. The number of aromatic nitrogens is 4. The molecule has 0 bridgehead atoms. The minimum absolute atomic E-state index is 0.0430. The average Bonchev–Trinajstić information content (AvgIpc) is 3.19. The summed E-state index contributed by atoms with van der Waals surface area (Å²) in [6.45, 7) is 6.53. The molecule has 10 nitrogen and oxygen atoms in total. The van der Waals surface area contributed by atoms with Crippen molar-refractivity contribution >= 4 is 28.4 Å². The van der Waals surface area contributed by atoms with Crippen LogP contribution in [0.5, 0.6) is 0 Å². The molecule has 206 valence electrons. The minimum Gasteiger partial charge on any atom is -0.444 e. The highest BCUT2D eigenvalue weighted by Crippen LogP contribution is 2.61. The molecule has 0 saturated carbocycles. The first-order chi connectivity index (χ1) is 19.6. The lowest BCUT2D eigenvalue weighted by Crippen LogP contribution is -2.61. The summed E-state index contributed by atoms with van der Waals surface area (Å²) in [5.41, 5.74) is 4.95. The van der Waals surface area contributed by atoms with Crippen molar-refractivity contribution in [2.45, 2.75) is 57.6 Å². The first kappa shape index (κ1) is 23.7. The van der Waals surface area contributed by atoms with Gasteiger partial charge in [0.15, 0.2) is 0 Å². The number of anilines is 2. The van der Waals surface area contributed by atoms with Crippen molar-refractivity contribution in [1.82, 2.24) is 24.6 Å². The molecule has 2 unspecified atom stereocenters. The second kappa shape index (κ2) is 8.41. The summed E-state index contributed by atoms with van der Waals surface area (Å²) < 4.78 is 22.5. The molecule has 1 N–H and O–H groups in total. The van der Waals surface area contributed by atoms with Gasteiger partial charge in [-0.1, -0.05) is 12.1 Å². The van der Waals surface area contributed by atoms with E-state index < -0.39 is 23.1 Å². The van der Waals surface area contributed by atoms with E-state index in [4.69, 9.17) is 15.8 Å². The van der Waals surface area contributed by atoms with Crippen LogP contribution in [0, 0.1) is 0 Å². The minimum atomic E-state index is -1.11. The Balaban J connectivity index is 1.30. The van der Waals surface area contributed by atoms with Crippen molar-refractivity contribution < 1.29 is 15.6 Å². The topological polar surface area (TPSA) is 101 Å². The number of carbonyl (C=O) groups is 1. The quantitative estimate of drug-likeness (QED) is 0.347. The number of amides is 1. The zero-order chi connectivity index (χ0) is 28.6. The summed E-state index contributed by atoms with van der Waals surface area (Å²) in [4.78, 5) is 26.7. The first-order valence-electron chi connectivity index (χ1n) is 14.2. The van der Waals surface area contributed by atoms with E-state index in [-0.39, 0.29) is 6.90 Å². The lowest BCUT2D eigenvalue weighted by molar-refractivity contribution is -0.00734. The van der Waals surface area contributed by atoms with Gasteiger partial charge in [-0.15, -0.1) is 0 Å². The predicted octanol–water partition coefficient (Wildman–Crippen LogP) is 5.36. The summed E-state index contributed by atoms with van der Waals surface area (Å²) in [6.07, 6.45) is 8.45. The number of carbonyl (C=O) groups excluding carboxylic acids is 1. The maximum atomic E-state index is 13.5. The summed E-state index contributed by atoms with van der Waals surface area (Å²) in [7, 11) is 1.89. The molecule has 1 amide bonds. The second-order valence-corrected chi connectivity index (χ2v) is 11.8. The molecule has 40 heavy (non-hydrogen) atoms. The second-order valence-electron chi connectivity index (χ2n) is 11.8. The monoisotopic (exact) mass is 540 g/mol. The van der Waals surface area contributed by atoms with Gasteiger partial charge < -0.3 is 19.7 Å². The number of nitrogens with zero attached hydrogens (tertiary/aromatic N) is 6.